The van der Waals surface area contributed by atoms with Crippen LogP contribution in [0.3, 0.4) is 0 Å². The smallest absolute Gasteiger partial charge is 0.141 e. The normalized spacial score (nSPS) is 11.5. The van der Waals surface area contributed by atoms with Gasteiger partial charge in [-0.05, 0) is 32.0 Å². The van der Waals surface area contributed by atoms with E-state index >= 15 is 0 Å². The molecule has 0 radical (unpaired) electrons. The van der Waals surface area contributed by atoms with Crippen molar-refractivity contribution >= 4 is 34.2 Å². The third-order valence-corrected chi connectivity index (χ3v) is 6.15. The number of aromatic nitrogens is 5. The second-order valence-electron chi connectivity index (χ2n) is 7.56. The van der Waals surface area contributed by atoms with Gasteiger partial charge in [-0.2, -0.15) is 5.10 Å². The minimum absolute atomic E-state index is 0.516. The van der Waals surface area contributed by atoms with Crippen LogP contribution < -0.4 is 0 Å². The van der Waals surface area contributed by atoms with Crippen LogP contribution in [-0.2, 0) is 13.6 Å². The summed E-state index contributed by atoms with van der Waals surface area (Å²) in [7, 11) is 1.90. The molecule has 0 aliphatic heterocycles. The summed E-state index contributed by atoms with van der Waals surface area (Å²) in [4.78, 5) is 4.82. The van der Waals surface area contributed by atoms with E-state index in [9.17, 15) is 0 Å². The Balaban J connectivity index is 1.73. The van der Waals surface area contributed by atoms with Crippen LogP contribution in [0.1, 0.15) is 17.0 Å². The summed E-state index contributed by atoms with van der Waals surface area (Å²) in [5.41, 5.74) is 7.44. The first-order valence-corrected chi connectivity index (χ1v) is 10.5. The molecule has 0 saturated carbocycles. The summed E-state index contributed by atoms with van der Waals surface area (Å²) >= 11 is 12.9. The first kappa shape index (κ1) is 19.8. The number of pyridine rings is 1. The minimum Gasteiger partial charge on any atom is -0.361 e. The van der Waals surface area contributed by atoms with E-state index in [2.05, 4.69) is 27.1 Å². The topological polar surface area (TPSA) is 61.7 Å². The SMILES string of the molecule is Cc1noc(C)c1-c1cnc2c(-c3cnn(C)c3)cn(Cc3c(Cl)cccc3Cl)c2c1. The van der Waals surface area contributed by atoms with Crippen molar-refractivity contribution in [2.75, 3.05) is 0 Å². The fourth-order valence-corrected chi connectivity index (χ4v) is 4.47. The van der Waals surface area contributed by atoms with Gasteiger partial charge < -0.3 is 9.09 Å². The summed E-state index contributed by atoms with van der Waals surface area (Å²) in [6.45, 7) is 4.35. The second kappa shape index (κ2) is 7.55. The Labute approximate surface area is 189 Å². The highest BCUT2D eigenvalue weighted by molar-refractivity contribution is 6.36. The molecule has 0 unspecified atom stereocenters. The highest BCUT2D eigenvalue weighted by atomic mass is 35.5. The van der Waals surface area contributed by atoms with E-state index in [1.165, 1.54) is 0 Å². The Morgan fingerprint density at radius 2 is 1.81 bits per heavy atom. The van der Waals surface area contributed by atoms with Gasteiger partial charge in [-0.1, -0.05) is 34.4 Å². The van der Waals surface area contributed by atoms with Crippen molar-refractivity contribution in [2.24, 2.45) is 7.05 Å². The average molecular weight is 452 g/mol. The minimum atomic E-state index is 0.516. The standard InChI is InChI=1S/C23H19Cl2N5O/c1-13-22(14(2)31-28-13)15-7-21-23(26-8-15)17(16-9-27-29(3)10-16)11-30(21)12-18-19(24)5-4-6-20(18)25/h4-11H,12H2,1-3H3. The maximum absolute atomic E-state index is 6.46. The van der Waals surface area contributed by atoms with E-state index in [4.69, 9.17) is 32.7 Å². The molecule has 0 amide bonds. The van der Waals surface area contributed by atoms with E-state index in [-0.39, 0.29) is 0 Å². The number of halogens is 2. The van der Waals surface area contributed by atoms with Crippen LogP contribution in [0.2, 0.25) is 10.0 Å². The zero-order chi connectivity index (χ0) is 21.7. The van der Waals surface area contributed by atoms with Crippen molar-refractivity contribution in [1.82, 2.24) is 24.5 Å². The molecule has 0 saturated heterocycles. The number of benzene rings is 1. The lowest BCUT2D eigenvalue weighted by atomic mass is 10.1. The predicted octanol–water partition coefficient (Wildman–Crippen LogP) is 6.06. The van der Waals surface area contributed by atoms with E-state index in [1.807, 2.05) is 57.7 Å². The number of hydrogen-bond acceptors (Lipinski definition) is 4. The van der Waals surface area contributed by atoms with Crippen LogP contribution in [0.15, 0.2) is 53.6 Å². The van der Waals surface area contributed by atoms with Crippen LogP contribution >= 0.6 is 23.2 Å². The van der Waals surface area contributed by atoms with E-state index in [0.717, 1.165) is 50.3 Å². The lowest BCUT2D eigenvalue weighted by molar-refractivity contribution is 0.393. The van der Waals surface area contributed by atoms with E-state index in [1.54, 1.807) is 4.68 Å². The zero-order valence-electron chi connectivity index (χ0n) is 17.2. The largest absolute Gasteiger partial charge is 0.361 e. The highest BCUT2D eigenvalue weighted by Gasteiger charge is 2.18. The monoisotopic (exact) mass is 451 g/mol. The molecular formula is C23H19Cl2N5O. The van der Waals surface area contributed by atoms with Gasteiger partial charge in [0.2, 0.25) is 0 Å². The summed E-state index contributed by atoms with van der Waals surface area (Å²) in [6.07, 6.45) is 7.75. The molecule has 4 aromatic heterocycles. The molecular weight excluding hydrogens is 433 g/mol. The zero-order valence-corrected chi connectivity index (χ0v) is 18.7. The number of rotatable bonds is 4. The maximum atomic E-state index is 6.46. The van der Waals surface area contributed by atoms with Gasteiger partial charge in [0.25, 0.3) is 0 Å². The quantitative estimate of drug-likeness (QED) is 0.332. The maximum Gasteiger partial charge on any atom is 0.141 e. The van der Waals surface area contributed by atoms with Crippen LogP contribution in [0.5, 0.6) is 0 Å². The van der Waals surface area contributed by atoms with Gasteiger partial charge in [0.05, 0.1) is 29.5 Å². The molecule has 5 aromatic rings. The van der Waals surface area contributed by atoms with Crippen molar-refractivity contribution in [1.29, 1.82) is 0 Å². The number of aryl methyl sites for hydroxylation is 3. The summed E-state index contributed by atoms with van der Waals surface area (Å²) in [6, 6.07) is 7.66. The first-order chi connectivity index (χ1) is 14.9. The Bertz CT molecular complexity index is 1390. The fourth-order valence-electron chi connectivity index (χ4n) is 3.95. The molecule has 0 aliphatic rings. The Hall–Kier alpha value is -3.09. The predicted molar refractivity (Wildman–Crippen MR) is 122 cm³/mol. The van der Waals surface area contributed by atoms with Gasteiger partial charge >= 0.3 is 0 Å². The summed E-state index contributed by atoms with van der Waals surface area (Å²) < 4.78 is 9.27. The molecule has 6 nitrogen and oxygen atoms in total. The second-order valence-corrected chi connectivity index (χ2v) is 8.38. The van der Waals surface area contributed by atoms with Crippen molar-refractivity contribution in [3.8, 4) is 22.3 Å². The van der Waals surface area contributed by atoms with Crippen LogP contribution in [-0.4, -0.2) is 24.5 Å². The summed E-state index contributed by atoms with van der Waals surface area (Å²) in [5.74, 6) is 0.762. The van der Waals surface area contributed by atoms with Gasteiger partial charge in [0.1, 0.15) is 5.76 Å². The van der Waals surface area contributed by atoms with Crippen molar-refractivity contribution in [3.63, 3.8) is 0 Å². The van der Waals surface area contributed by atoms with Crippen molar-refractivity contribution in [2.45, 2.75) is 20.4 Å². The Morgan fingerprint density at radius 3 is 2.45 bits per heavy atom. The van der Waals surface area contributed by atoms with Gasteiger partial charge in [0.15, 0.2) is 0 Å². The summed E-state index contributed by atoms with van der Waals surface area (Å²) in [5, 5.41) is 9.67. The first-order valence-electron chi connectivity index (χ1n) is 9.76. The molecule has 0 aliphatic carbocycles. The molecule has 0 N–H and O–H groups in total. The van der Waals surface area contributed by atoms with Gasteiger partial charge in [-0.3, -0.25) is 9.67 Å². The van der Waals surface area contributed by atoms with Crippen molar-refractivity contribution < 1.29 is 4.52 Å². The fraction of sp³-hybridized carbons (Fsp3) is 0.174. The van der Waals surface area contributed by atoms with Crippen LogP contribution in [0.4, 0.5) is 0 Å². The Morgan fingerprint density at radius 1 is 1.03 bits per heavy atom. The van der Waals surface area contributed by atoms with E-state index < -0.39 is 0 Å². The molecule has 0 spiro atoms. The number of hydrogen-bond donors (Lipinski definition) is 0. The molecule has 0 atom stereocenters. The Kier molecular flexibility index (Phi) is 4.84. The molecule has 1 aromatic carbocycles. The molecule has 0 bridgehead atoms. The average Bonchev–Trinajstić information content (AvgIpc) is 3.42. The van der Waals surface area contributed by atoms with Crippen LogP contribution in [0, 0.1) is 13.8 Å². The lowest BCUT2D eigenvalue weighted by Crippen LogP contribution is -2.00. The van der Waals surface area contributed by atoms with Gasteiger partial charge in [-0.15, -0.1) is 0 Å². The van der Waals surface area contributed by atoms with Crippen molar-refractivity contribution in [3.05, 3.63) is 76.1 Å². The molecule has 5 rings (SSSR count). The number of nitrogens with zero attached hydrogens (tertiary/aromatic N) is 5. The van der Waals surface area contributed by atoms with Crippen LogP contribution in [0.25, 0.3) is 33.3 Å². The molecule has 8 heteroatoms. The molecule has 31 heavy (non-hydrogen) atoms. The highest BCUT2D eigenvalue weighted by Crippen LogP contribution is 2.35. The lowest BCUT2D eigenvalue weighted by Gasteiger charge is -2.10. The number of fused-ring (bicyclic) bond motifs is 1. The van der Waals surface area contributed by atoms with Gasteiger partial charge in [-0.25, -0.2) is 0 Å². The third-order valence-electron chi connectivity index (χ3n) is 5.45. The third kappa shape index (κ3) is 3.42. The molecule has 156 valence electrons. The van der Waals surface area contributed by atoms with Gasteiger partial charge in [0, 0.05) is 63.5 Å². The molecule has 4 heterocycles. The van der Waals surface area contributed by atoms with E-state index in [0.29, 0.717) is 16.6 Å². The molecule has 0 fully saturated rings.